The molecular formula is C15H31N3O2. The molecule has 0 aromatic rings. The van der Waals surface area contributed by atoms with Gasteiger partial charge in [-0.1, -0.05) is 13.8 Å². The van der Waals surface area contributed by atoms with Gasteiger partial charge in [-0.25, -0.2) is 0 Å². The smallest absolute Gasteiger partial charge is 0.242 e. The van der Waals surface area contributed by atoms with Crippen molar-refractivity contribution in [2.24, 2.45) is 5.92 Å². The van der Waals surface area contributed by atoms with Crippen molar-refractivity contribution >= 4 is 5.91 Å². The Morgan fingerprint density at radius 2 is 1.95 bits per heavy atom. The molecule has 1 amide bonds. The molecule has 5 heteroatoms. The van der Waals surface area contributed by atoms with Crippen molar-refractivity contribution in [2.75, 3.05) is 53.0 Å². The number of nitrogens with one attached hydrogen (secondary N) is 1. The summed E-state index contributed by atoms with van der Waals surface area (Å²) in [7, 11) is 1.68. The fraction of sp³-hybridized carbons (Fsp3) is 0.933. The summed E-state index contributed by atoms with van der Waals surface area (Å²) in [6.45, 7) is 14.2. The van der Waals surface area contributed by atoms with Crippen LogP contribution in [0.15, 0.2) is 0 Å². The molecule has 0 spiro atoms. The number of carbonyl (C=O) groups is 1. The molecule has 118 valence electrons. The van der Waals surface area contributed by atoms with E-state index in [0.29, 0.717) is 19.1 Å². The minimum absolute atomic E-state index is 0.213. The molecule has 0 bridgehead atoms. The van der Waals surface area contributed by atoms with Gasteiger partial charge in [0.2, 0.25) is 5.91 Å². The van der Waals surface area contributed by atoms with Crippen molar-refractivity contribution in [3.8, 4) is 0 Å². The predicted molar refractivity (Wildman–Crippen MR) is 81.8 cm³/mol. The lowest BCUT2D eigenvalue weighted by molar-refractivity contribution is -0.144. The third kappa shape index (κ3) is 4.72. The Kier molecular flexibility index (Phi) is 6.92. The molecule has 5 nitrogen and oxygen atoms in total. The summed E-state index contributed by atoms with van der Waals surface area (Å²) in [5.41, 5.74) is -0.440. The quantitative estimate of drug-likeness (QED) is 0.751. The maximum atomic E-state index is 12.9. The maximum absolute atomic E-state index is 12.9. The van der Waals surface area contributed by atoms with E-state index >= 15 is 0 Å². The van der Waals surface area contributed by atoms with Crippen molar-refractivity contribution < 1.29 is 9.53 Å². The Balaban J connectivity index is 2.73. The van der Waals surface area contributed by atoms with Gasteiger partial charge in [0, 0.05) is 46.4 Å². The summed E-state index contributed by atoms with van der Waals surface area (Å²) >= 11 is 0. The predicted octanol–water partition coefficient (Wildman–Crippen LogP) is 0.801. The Morgan fingerprint density at radius 3 is 2.45 bits per heavy atom. The fourth-order valence-corrected chi connectivity index (χ4v) is 2.66. The second-order valence-electron chi connectivity index (χ2n) is 6.43. The molecule has 1 aliphatic rings. The average Bonchev–Trinajstić information content (AvgIpc) is 2.43. The van der Waals surface area contributed by atoms with Crippen LogP contribution in [0.2, 0.25) is 0 Å². The molecule has 1 heterocycles. The molecule has 0 unspecified atom stereocenters. The second-order valence-corrected chi connectivity index (χ2v) is 6.43. The van der Waals surface area contributed by atoms with Crippen molar-refractivity contribution in [1.82, 2.24) is 15.1 Å². The van der Waals surface area contributed by atoms with Gasteiger partial charge in [0.1, 0.15) is 0 Å². The van der Waals surface area contributed by atoms with E-state index < -0.39 is 5.54 Å². The van der Waals surface area contributed by atoms with Crippen LogP contribution in [0.25, 0.3) is 0 Å². The van der Waals surface area contributed by atoms with Crippen LogP contribution in [0.5, 0.6) is 0 Å². The van der Waals surface area contributed by atoms with Gasteiger partial charge in [0.05, 0.1) is 12.1 Å². The van der Waals surface area contributed by atoms with E-state index in [1.807, 2.05) is 18.7 Å². The van der Waals surface area contributed by atoms with Crippen LogP contribution < -0.4 is 5.32 Å². The van der Waals surface area contributed by atoms with E-state index in [2.05, 4.69) is 24.1 Å². The third-order valence-corrected chi connectivity index (χ3v) is 3.87. The summed E-state index contributed by atoms with van der Waals surface area (Å²) in [5.74, 6) is 0.680. The second kappa shape index (κ2) is 7.96. The monoisotopic (exact) mass is 285 g/mol. The number of methoxy groups -OCH3 is 1. The molecular weight excluding hydrogens is 254 g/mol. The van der Waals surface area contributed by atoms with Crippen LogP contribution in [0.1, 0.15) is 27.7 Å². The van der Waals surface area contributed by atoms with Gasteiger partial charge in [-0.15, -0.1) is 0 Å². The average molecular weight is 285 g/mol. The van der Waals surface area contributed by atoms with Crippen molar-refractivity contribution in [2.45, 2.75) is 33.2 Å². The summed E-state index contributed by atoms with van der Waals surface area (Å²) < 4.78 is 5.14. The minimum atomic E-state index is -0.440. The van der Waals surface area contributed by atoms with E-state index in [-0.39, 0.29) is 5.91 Å². The fourth-order valence-electron chi connectivity index (χ4n) is 2.66. The normalized spacial score (nSPS) is 17.5. The highest BCUT2D eigenvalue weighted by atomic mass is 16.5. The number of ether oxygens (including phenoxy) is 1. The van der Waals surface area contributed by atoms with Gasteiger partial charge in [0.25, 0.3) is 0 Å². The number of piperazine rings is 1. The molecule has 0 aliphatic carbocycles. The van der Waals surface area contributed by atoms with Gasteiger partial charge in [-0.05, 0) is 19.8 Å². The SMILES string of the molecule is COCCN(CC(C)C)C(=O)C(C)(C)N1CCNCC1. The van der Waals surface area contributed by atoms with Crippen LogP contribution in [0, 0.1) is 5.92 Å². The highest BCUT2D eigenvalue weighted by Gasteiger charge is 2.38. The van der Waals surface area contributed by atoms with E-state index in [1.54, 1.807) is 7.11 Å². The third-order valence-electron chi connectivity index (χ3n) is 3.87. The highest BCUT2D eigenvalue weighted by Crippen LogP contribution is 2.19. The first-order valence-electron chi connectivity index (χ1n) is 7.63. The number of amides is 1. The van der Waals surface area contributed by atoms with Crippen molar-refractivity contribution in [3.63, 3.8) is 0 Å². The van der Waals surface area contributed by atoms with E-state index in [4.69, 9.17) is 4.74 Å². The molecule has 1 saturated heterocycles. The maximum Gasteiger partial charge on any atom is 0.242 e. The van der Waals surface area contributed by atoms with Crippen LogP contribution in [0.4, 0.5) is 0 Å². The Labute approximate surface area is 123 Å². The Morgan fingerprint density at radius 1 is 1.35 bits per heavy atom. The van der Waals surface area contributed by atoms with E-state index in [9.17, 15) is 4.79 Å². The zero-order chi connectivity index (χ0) is 15.2. The lowest BCUT2D eigenvalue weighted by Gasteiger charge is -2.42. The van der Waals surface area contributed by atoms with Crippen LogP contribution in [0.3, 0.4) is 0 Å². The summed E-state index contributed by atoms with van der Waals surface area (Å²) in [6, 6.07) is 0. The molecule has 1 aliphatic heterocycles. The number of carbonyl (C=O) groups excluding carboxylic acids is 1. The van der Waals surface area contributed by atoms with E-state index in [0.717, 1.165) is 32.7 Å². The molecule has 0 saturated carbocycles. The standard InChI is InChI=1S/C15H31N3O2/c1-13(2)12-17(10-11-20-5)14(19)15(3,4)18-8-6-16-7-9-18/h13,16H,6-12H2,1-5H3. The first-order chi connectivity index (χ1) is 9.39. The first kappa shape index (κ1) is 17.4. The zero-order valence-corrected chi connectivity index (χ0v) is 13.7. The van der Waals surface area contributed by atoms with Gasteiger partial charge >= 0.3 is 0 Å². The van der Waals surface area contributed by atoms with Crippen LogP contribution in [-0.2, 0) is 9.53 Å². The summed E-state index contributed by atoms with van der Waals surface area (Å²) in [5, 5.41) is 3.33. The summed E-state index contributed by atoms with van der Waals surface area (Å²) in [4.78, 5) is 17.2. The Bertz CT molecular complexity index is 299. The molecule has 0 atom stereocenters. The number of rotatable bonds is 7. The van der Waals surface area contributed by atoms with Gasteiger partial charge < -0.3 is 15.0 Å². The van der Waals surface area contributed by atoms with Gasteiger partial charge in [0.15, 0.2) is 0 Å². The van der Waals surface area contributed by atoms with Crippen LogP contribution in [-0.4, -0.2) is 74.2 Å². The van der Waals surface area contributed by atoms with Gasteiger partial charge in [-0.3, -0.25) is 9.69 Å². The molecule has 20 heavy (non-hydrogen) atoms. The van der Waals surface area contributed by atoms with Crippen molar-refractivity contribution in [1.29, 1.82) is 0 Å². The molecule has 0 radical (unpaired) electrons. The van der Waals surface area contributed by atoms with Gasteiger partial charge in [-0.2, -0.15) is 0 Å². The molecule has 1 rings (SSSR count). The highest BCUT2D eigenvalue weighted by molar-refractivity contribution is 5.85. The summed E-state index contributed by atoms with van der Waals surface area (Å²) in [6.07, 6.45) is 0. The lowest BCUT2D eigenvalue weighted by Crippen LogP contribution is -2.61. The number of nitrogens with zero attached hydrogens (tertiary/aromatic N) is 2. The topological polar surface area (TPSA) is 44.8 Å². The molecule has 1 fully saturated rings. The molecule has 0 aromatic carbocycles. The largest absolute Gasteiger partial charge is 0.383 e. The van der Waals surface area contributed by atoms with Crippen LogP contribution >= 0.6 is 0 Å². The molecule has 0 aromatic heterocycles. The number of hydrogen-bond acceptors (Lipinski definition) is 4. The Hall–Kier alpha value is -0.650. The molecule has 1 N–H and O–H groups in total. The zero-order valence-electron chi connectivity index (χ0n) is 13.7. The lowest BCUT2D eigenvalue weighted by atomic mass is 9.98. The first-order valence-corrected chi connectivity index (χ1v) is 7.63. The minimum Gasteiger partial charge on any atom is -0.383 e. The van der Waals surface area contributed by atoms with E-state index in [1.165, 1.54) is 0 Å². The number of hydrogen-bond donors (Lipinski definition) is 1. The van der Waals surface area contributed by atoms with Crippen molar-refractivity contribution in [3.05, 3.63) is 0 Å².